The van der Waals surface area contributed by atoms with E-state index in [0.717, 1.165) is 13.0 Å². The van der Waals surface area contributed by atoms with Crippen LogP contribution in [-0.2, 0) is 9.59 Å². The zero-order valence-corrected chi connectivity index (χ0v) is 9.43. The molecule has 15 heavy (non-hydrogen) atoms. The first kappa shape index (κ1) is 12.0. The van der Waals surface area contributed by atoms with Gasteiger partial charge in [0.2, 0.25) is 11.8 Å². The Morgan fingerprint density at radius 3 is 2.93 bits per heavy atom. The summed E-state index contributed by atoms with van der Waals surface area (Å²) in [6.45, 7) is 2.20. The largest absolute Gasteiger partial charge is 0.355 e. The highest BCUT2D eigenvalue weighted by Gasteiger charge is 2.28. The number of quaternary nitrogens is 1. The molecule has 1 saturated heterocycles. The molecule has 1 aliphatic heterocycles. The first-order valence-electron chi connectivity index (χ1n) is 5.45. The van der Waals surface area contributed by atoms with Crippen LogP contribution in [0.25, 0.3) is 0 Å². The molecule has 0 aromatic rings. The van der Waals surface area contributed by atoms with Crippen molar-refractivity contribution in [3.8, 4) is 0 Å². The van der Waals surface area contributed by atoms with Crippen LogP contribution < -0.4 is 15.5 Å². The van der Waals surface area contributed by atoms with Gasteiger partial charge >= 0.3 is 0 Å². The van der Waals surface area contributed by atoms with Crippen LogP contribution in [-0.4, -0.2) is 45.5 Å². The van der Waals surface area contributed by atoms with E-state index < -0.39 is 5.92 Å². The van der Waals surface area contributed by atoms with Crippen LogP contribution in [0.5, 0.6) is 0 Å². The van der Waals surface area contributed by atoms with Crippen molar-refractivity contribution >= 4 is 11.8 Å². The number of carbonyl (C=O) groups excluding carboxylic acids is 2. The van der Waals surface area contributed by atoms with Gasteiger partial charge in [-0.2, -0.15) is 0 Å². The summed E-state index contributed by atoms with van der Waals surface area (Å²) in [6.07, 6.45) is 1.56. The zero-order chi connectivity index (χ0) is 11.3. The molecule has 5 heteroatoms. The van der Waals surface area contributed by atoms with Crippen LogP contribution in [0.4, 0.5) is 0 Å². The number of rotatable bonds is 4. The van der Waals surface area contributed by atoms with Crippen molar-refractivity contribution in [1.29, 1.82) is 0 Å². The van der Waals surface area contributed by atoms with Gasteiger partial charge in [-0.15, -0.1) is 0 Å². The normalized spacial score (nSPS) is 21.3. The highest BCUT2D eigenvalue weighted by Crippen LogP contribution is 2.10. The van der Waals surface area contributed by atoms with Crippen LogP contribution >= 0.6 is 0 Å². The molecular formula is C10H20N3O2+. The predicted octanol–water partition coefficient (Wildman–Crippen LogP) is -2.23. The first-order chi connectivity index (χ1) is 7.11. The molecule has 0 saturated carbocycles. The van der Waals surface area contributed by atoms with Gasteiger partial charge in [0.1, 0.15) is 5.92 Å². The highest BCUT2D eigenvalue weighted by atomic mass is 16.2. The van der Waals surface area contributed by atoms with Gasteiger partial charge in [-0.3, -0.25) is 9.59 Å². The summed E-state index contributed by atoms with van der Waals surface area (Å²) in [6, 6.07) is 0. The van der Waals surface area contributed by atoms with Gasteiger partial charge < -0.3 is 15.5 Å². The third-order valence-electron chi connectivity index (χ3n) is 2.53. The minimum Gasteiger partial charge on any atom is -0.355 e. The third kappa shape index (κ3) is 3.87. The first-order valence-corrected chi connectivity index (χ1v) is 5.45. The Morgan fingerprint density at radius 2 is 2.33 bits per heavy atom. The van der Waals surface area contributed by atoms with Crippen molar-refractivity contribution in [2.45, 2.75) is 12.8 Å². The number of nitrogens with one attached hydrogen (secondary N) is 3. The Balaban J connectivity index is 2.29. The fourth-order valence-corrected chi connectivity index (χ4v) is 1.58. The molecule has 0 bridgehead atoms. The van der Waals surface area contributed by atoms with Crippen molar-refractivity contribution < 1.29 is 14.5 Å². The van der Waals surface area contributed by atoms with E-state index in [2.05, 4.69) is 10.6 Å². The van der Waals surface area contributed by atoms with Crippen molar-refractivity contribution in [2.24, 2.45) is 5.92 Å². The summed E-state index contributed by atoms with van der Waals surface area (Å²) in [5, 5.41) is 5.50. The fraction of sp³-hybridized carbons (Fsp3) is 0.800. The topological polar surface area (TPSA) is 62.6 Å². The summed E-state index contributed by atoms with van der Waals surface area (Å²) >= 11 is 0. The Morgan fingerprint density at radius 1 is 1.60 bits per heavy atom. The van der Waals surface area contributed by atoms with Crippen LogP contribution in [0.15, 0.2) is 0 Å². The molecular weight excluding hydrogens is 194 g/mol. The summed E-state index contributed by atoms with van der Waals surface area (Å²) in [4.78, 5) is 24.2. The van der Waals surface area contributed by atoms with E-state index in [4.69, 9.17) is 0 Å². The molecule has 1 atom stereocenters. The van der Waals surface area contributed by atoms with Gasteiger partial charge in [-0.25, -0.2) is 0 Å². The Bertz CT molecular complexity index is 241. The standard InChI is InChI=1S/C10H19N3O2/c1-13(2)7-6-12-10(15)8-4-3-5-11-9(8)14/h8H,3-7H2,1-2H3,(H,11,14)(H,12,15)/p+1. The molecule has 1 rings (SSSR count). The van der Waals surface area contributed by atoms with Crippen molar-refractivity contribution in [1.82, 2.24) is 10.6 Å². The molecule has 1 fully saturated rings. The number of piperidine rings is 1. The van der Waals surface area contributed by atoms with Gasteiger partial charge in [0.15, 0.2) is 0 Å². The number of hydrogen-bond acceptors (Lipinski definition) is 2. The number of likely N-dealkylation sites (N-methyl/N-ethyl adjacent to an activating group) is 1. The number of carbonyl (C=O) groups is 2. The molecule has 1 unspecified atom stereocenters. The van der Waals surface area contributed by atoms with Gasteiger partial charge in [-0.05, 0) is 12.8 Å². The lowest BCUT2D eigenvalue weighted by Gasteiger charge is -2.21. The number of amides is 2. The molecule has 0 aromatic heterocycles. The maximum Gasteiger partial charge on any atom is 0.232 e. The van der Waals surface area contributed by atoms with Gasteiger partial charge in [0.05, 0.1) is 27.2 Å². The summed E-state index contributed by atoms with van der Waals surface area (Å²) in [5.74, 6) is -0.736. The Labute approximate surface area is 90.2 Å². The number of hydrogen-bond donors (Lipinski definition) is 3. The maximum absolute atomic E-state index is 11.6. The molecule has 1 aliphatic rings. The van der Waals surface area contributed by atoms with Crippen molar-refractivity contribution in [3.63, 3.8) is 0 Å². The SMILES string of the molecule is C[NH+](C)CCNC(=O)C1CCCNC1=O. The Hall–Kier alpha value is -1.10. The van der Waals surface area contributed by atoms with Gasteiger partial charge in [-0.1, -0.05) is 0 Å². The van der Waals surface area contributed by atoms with Crippen molar-refractivity contribution in [2.75, 3.05) is 33.7 Å². The quantitative estimate of drug-likeness (QED) is 0.464. The molecule has 0 spiro atoms. The fourth-order valence-electron chi connectivity index (χ4n) is 1.58. The molecule has 86 valence electrons. The second-order valence-electron chi connectivity index (χ2n) is 4.23. The molecule has 0 aromatic carbocycles. The predicted molar refractivity (Wildman–Crippen MR) is 56.4 cm³/mol. The molecule has 0 radical (unpaired) electrons. The third-order valence-corrected chi connectivity index (χ3v) is 2.53. The van der Waals surface area contributed by atoms with Gasteiger partial charge in [0, 0.05) is 6.54 Å². The van der Waals surface area contributed by atoms with E-state index in [1.54, 1.807) is 0 Å². The Kier molecular flexibility index (Phi) is 4.55. The minimum atomic E-state index is -0.476. The smallest absolute Gasteiger partial charge is 0.232 e. The molecule has 5 nitrogen and oxygen atoms in total. The average molecular weight is 214 g/mol. The van der Waals surface area contributed by atoms with Crippen LogP contribution in [0.1, 0.15) is 12.8 Å². The lowest BCUT2D eigenvalue weighted by atomic mass is 9.98. The zero-order valence-electron chi connectivity index (χ0n) is 9.43. The van der Waals surface area contributed by atoms with E-state index in [9.17, 15) is 9.59 Å². The van der Waals surface area contributed by atoms with Crippen LogP contribution in [0.3, 0.4) is 0 Å². The molecule has 3 N–H and O–H groups in total. The van der Waals surface area contributed by atoms with Crippen LogP contribution in [0, 0.1) is 5.92 Å². The molecule has 1 heterocycles. The maximum atomic E-state index is 11.6. The van der Waals surface area contributed by atoms with E-state index in [1.807, 2.05) is 14.1 Å². The second kappa shape index (κ2) is 5.70. The lowest BCUT2D eigenvalue weighted by Crippen LogP contribution is -3.06. The highest BCUT2D eigenvalue weighted by molar-refractivity contribution is 6.00. The van der Waals surface area contributed by atoms with Crippen molar-refractivity contribution in [3.05, 3.63) is 0 Å². The van der Waals surface area contributed by atoms with Gasteiger partial charge in [0.25, 0.3) is 0 Å². The van der Waals surface area contributed by atoms with E-state index in [-0.39, 0.29) is 11.8 Å². The second-order valence-corrected chi connectivity index (χ2v) is 4.23. The minimum absolute atomic E-state index is 0.129. The van der Waals surface area contributed by atoms with E-state index in [1.165, 1.54) is 4.90 Å². The van der Waals surface area contributed by atoms with E-state index >= 15 is 0 Å². The average Bonchev–Trinajstić information content (AvgIpc) is 2.17. The van der Waals surface area contributed by atoms with E-state index in [0.29, 0.717) is 19.5 Å². The summed E-state index contributed by atoms with van der Waals surface area (Å²) in [5.41, 5.74) is 0. The van der Waals surface area contributed by atoms with Crippen LogP contribution in [0.2, 0.25) is 0 Å². The molecule has 0 aliphatic carbocycles. The summed E-state index contributed by atoms with van der Waals surface area (Å²) in [7, 11) is 4.05. The monoisotopic (exact) mass is 214 g/mol. The summed E-state index contributed by atoms with van der Waals surface area (Å²) < 4.78 is 0. The lowest BCUT2D eigenvalue weighted by molar-refractivity contribution is -0.856. The molecule has 2 amide bonds.